The molecule has 0 aromatic heterocycles. The third-order valence-corrected chi connectivity index (χ3v) is 6.19. The highest BCUT2D eigenvalue weighted by molar-refractivity contribution is 5.82. The summed E-state index contributed by atoms with van der Waals surface area (Å²) in [6.45, 7) is 9.38. The van der Waals surface area contributed by atoms with E-state index in [2.05, 4.69) is 26.8 Å². The van der Waals surface area contributed by atoms with Crippen molar-refractivity contribution < 1.29 is 19.1 Å². The lowest BCUT2D eigenvalue weighted by Gasteiger charge is -2.27. The van der Waals surface area contributed by atoms with E-state index in [1.165, 1.54) is 44.1 Å². The number of hydrogen-bond acceptors (Lipinski definition) is 4. The standard InChI is InChI=1S/C25H44O4/c1-5-7-9-11-13-18-28-24(26)22-17-15-16-20(3)21(4)23(22)25(27)29-19-14-12-10-8-6-2/h16,21-23H,5-15,17-19H2,1-4H3. The Morgan fingerprint density at radius 2 is 1.38 bits per heavy atom. The normalized spacial score (nSPS) is 21.9. The molecule has 4 nitrogen and oxygen atoms in total. The van der Waals surface area contributed by atoms with E-state index in [1.54, 1.807) is 0 Å². The summed E-state index contributed by atoms with van der Waals surface area (Å²) < 4.78 is 11.2. The van der Waals surface area contributed by atoms with Gasteiger partial charge in [0.15, 0.2) is 0 Å². The minimum absolute atomic E-state index is 0.00666. The van der Waals surface area contributed by atoms with E-state index in [9.17, 15) is 9.59 Å². The number of unbranched alkanes of at least 4 members (excludes halogenated alkanes) is 8. The van der Waals surface area contributed by atoms with Crippen molar-refractivity contribution in [3.05, 3.63) is 11.6 Å². The van der Waals surface area contributed by atoms with Gasteiger partial charge in [-0.3, -0.25) is 9.59 Å². The summed E-state index contributed by atoms with van der Waals surface area (Å²) in [5, 5.41) is 0. The molecule has 168 valence electrons. The number of esters is 2. The maximum absolute atomic E-state index is 12.9. The van der Waals surface area contributed by atoms with Gasteiger partial charge in [-0.2, -0.15) is 0 Å². The van der Waals surface area contributed by atoms with Gasteiger partial charge in [0.05, 0.1) is 25.0 Å². The Balaban J connectivity index is 2.58. The van der Waals surface area contributed by atoms with Gasteiger partial charge in [0.1, 0.15) is 0 Å². The van der Waals surface area contributed by atoms with Crippen LogP contribution in [0.4, 0.5) is 0 Å². The van der Waals surface area contributed by atoms with E-state index in [0.29, 0.717) is 19.6 Å². The fourth-order valence-electron chi connectivity index (χ4n) is 4.08. The predicted octanol–water partition coefficient (Wildman–Crippen LogP) is 6.62. The zero-order valence-corrected chi connectivity index (χ0v) is 19.3. The number of allylic oxidation sites excluding steroid dienone is 2. The van der Waals surface area contributed by atoms with Gasteiger partial charge in [-0.1, -0.05) is 83.8 Å². The van der Waals surface area contributed by atoms with Crippen LogP contribution in [0.5, 0.6) is 0 Å². The number of ether oxygens (including phenoxy) is 2. The van der Waals surface area contributed by atoms with Gasteiger partial charge in [0.2, 0.25) is 0 Å². The predicted molar refractivity (Wildman–Crippen MR) is 119 cm³/mol. The van der Waals surface area contributed by atoms with E-state index in [-0.39, 0.29) is 17.9 Å². The van der Waals surface area contributed by atoms with Crippen LogP contribution in [0.15, 0.2) is 11.6 Å². The second-order valence-corrected chi connectivity index (χ2v) is 8.61. The van der Waals surface area contributed by atoms with Crippen molar-refractivity contribution in [3.8, 4) is 0 Å². The maximum Gasteiger partial charge on any atom is 0.310 e. The molecule has 0 N–H and O–H groups in total. The molecular formula is C25H44O4. The van der Waals surface area contributed by atoms with Crippen LogP contribution in [0.25, 0.3) is 0 Å². The maximum atomic E-state index is 12.9. The number of rotatable bonds is 14. The highest BCUT2D eigenvalue weighted by Gasteiger charge is 2.41. The van der Waals surface area contributed by atoms with Crippen LogP contribution in [-0.4, -0.2) is 25.2 Å². The average Bonchev–Trinajstić information content (AvgIpc) is 2.85. The monoisotopic (exact) mass is 408 g/mol. The van der Waals surface area contributed by atoms with Gasteiger partial charge < -0.3 is 9.47 Å². The Morgan fingerprint density at radius 1 is 0.862 bits per heavy atom. The van der Waals surface area contributed by atoms with Crippen LogP contribution >= 0.6 is 0 Å². The van der Waals surface area contributed by atoms with Crippen LogP contribution in [-0.2, 0) is 19.1 Å². The van der Waals surface area contributed by atoms with Gasteiger partial charge in [0, 0.05) is 0 Å². The lowest BCUT2D eigenvalue weighted by Crippen LogP contribution is -2.36. The lowest BCUT2D eigenvalue weighted by atomic mass is 9.79. The Bertz CT molecular complexity index is 497. The Morgan fingerprint density at radius 3 is 1.93 bits per heavy atom. The van der Waals surface area contributed by atoms with Crippen molar-refractivity contribution in [1.82, 2.24) is 0 Å². The van der Waals surface area contributed by atoms with Gasteiger partial charge in [-0.25, -0.2) is 0 Å². The van der Waals surface area contributed by atoms with E-state index < -0.39 is 11.8 Å². The zero-order chi connectivity index (χ0) is 21.5. The van der Waals surface area contributed by atoms with Crippen LogP contribution in [0.3, 0.4) is 0 Å². The van der Waals surface area contributed by atoms with Crippen LogP contribution < -0.4 is 0 Å². The second-order valence-electron chi connectivity index (χ2n) is 8.61. The minimum Gasteiger partial charge on any atom is -0.465 e. The largest absolute Gasteiger partial charge is 0.465 e. The first-order valence-electron chi connectivity index (χ1n) is 12.0. The third kappa shape index (κ3) is 9.82. The summed E-state index contributed by atoms with van der Waals surface area (Å²) in [4.78, 5) is 25.7. The van der Waals surface area contributed by atoms with Crippen molar-refractivity contribution >= 4 is 11.9 Å². The molecule has 4 heteroatoms. The SMILES string of the molecule is CCCCCCCOC(=O)C1CCC=C(C)C(C)C1C(=O)OCCCCCCC. The molecule has 0 radical (unpaired) electrons. The Hall–Kier alpha value is -1.32. The highest BCUT2D eigenvalue weighted by Crippen LogP contribution is 2.35. The van der Waals surface area contributed by atoms with Gasteiger partial charge in [0.25, 0.3) is 0 Å². The number of carbonyl (C=O) groups excluding carboxylic acids is 2. The lowest BCUT2D eigenvalue weighted by molar-refractivity contribution is -0.162. The third-order valence-electron chi connectivity index (χ3n) is 6.19. The molecule has 3 atom stereocenters. The van der Waals surface area contributed by atoms with Gasteiger partial charge >= 0.3 is 11.9 Å². The molecule has 1 aliphatic rings. The topological polar surface area (TPSA) is 52.6 Å². The first-order chi connectivity index (χ1) is 14.0. The Labute approximate surface area is 178 Å². The molecule has 0 amide bonds. The summed E-state index contributed by atoms with van der Waals surface area (Å²) in [5.74, 6) is -1.28. The van der Waals surface area contributed by atoms with Crippen molar-refractivity contribution in [1.29, 1.82) is 0 Å². The summed E-state index contributed by atoms with van der Waals surface area (Å²) in [5.41, 5.74) is 1.17. The van der Waals surface area contributed by atoms with Crippen LogP contribution in [0.1, 0.15) is 105 Å². The summed E-state index contributed by atoms with van der Waals surface area (Å²) in [7, 11) is 0. The first kappa shape index (κ1) is 25.7. The minimum atomic E-state index is -0.433. The molecule has 0 heterocycles. The van der Waals surface area contributed by atoms with Crippen molar-refractivity contribution in [2.45, 2.75) is 105 Å². The molecule has 0 saturated carbocycles. The fourth-order valence-corrected chi connectivity index (χ4v) is 4.08. The molecule has 0 aromatic rings. The molecule has 0 aromatic carbocycles. The van der Waals surface area contributed by atoms with Crippen LogP contribution in [0, 0.1) is 17.8 Å². The van der Waals surface area contributed by atoms with Gasteiger partial charge in [-0.05, 0) is 38.5 Å². The number of carbonyl (C=O) groups is 2. The molecule has 1 aliphatic carbocycles. The van der Waals surface area contributed by atoms with E-state index in [4.69, 9.17) is 9.47 Å². The van der Waals surface area contributed by atoms with E-state index in [1.807, 2.05) is 6.92 Å². The smallest absolute Gasteiger partial charge is 0.310 e. The van der Waals surface area contributed by atoms with Crippen molar-refractivity contribution in [2.24, 2.45) is 17.8 Å². The highest BCUT2D eigenvalue weighted by atomic mass is 16.5. The average molecular weight is 409 g/mol. The summed E-state index contributed by atoms with van der Waals surface area (Å²) in [6.07, 6.45) is 14.8. The molecule has 0 fully saturated rings. The van der Waals surface area contributed by atoms with Crippen molar-refractivity contribution in [3.63, 3.8) is 0 Å². The molecule has 0 bridgehead atoms. The molecule has 3 unspecified atom stereocenters. The summed E-state index contributed by atoms with van der Waals surface area (Å²) >= 11 is 0. The molecule has 1 rings (SSSR count). The number of hydrogen-bond donors (Lipinski definition) is 0. The molecule has 0 spiro atoms. The van der Waals surface area contributed by atoms with E-state index >= 15 is 0 Å². The quantitative estimate of drug-likeness (QED) is 0.184. The first-order valence-corrected chi connectivity index (χ1v) is 12.0. The fraction of sp³-hybridized carbons (Fsp3) is 0.840. The zero-order valence-electron chi connectivity index (χ0n) is 19.3. The molecular weight excluding hydrogens is 364 g/mol. The molecule has 0 aliphatic heterocycles. The Kier molecular flexibility index (Phi) is 13.8. The molecule has 0 saturated heterocycles. The van der Waals surface area contributed by atoms with Crippen LogP contribution in [0.2, 0.25) is 0 Å². The van der Waals surface area contributed by atoms with Crippen molar-refractivity contribution in [2.75, 3.05) is 13.2 Å². The summed E-state index contributed by atoms with van der Waals surface area (Å²) in [6, 6.07) is 0. The van der Waals surface area contributed by atoms with E-state index in [0.717, 1.165) is 32.1 Å². The van der Waals surface area contributed by atoms with Gasteiger partial charge in [-0.15, -0.1) is 0 Å². The molecule has 29 heavy (non-hydrogen) atoms. The second kappa shape index (κ2) is 15.5.